The number of ether oxygens (including phenoxy) is 3. The van der Waals surface area contributed by atoms with E-state index in [-0.39, 0.29) is 43.7 Å². The summed E-state index contributed by atoms with van der Waals surface area (Å²) in [6, 6.07) is 3.93. The molecule has 0 bridgehead atoms. The smallest absolute Gasteiger partial charge is 0.408 e. The standard InChI is InChI=1S/C41H57N5O9S/c1-24(2)53-29-13-14-31-27(20-29)15-18-42-35(31)54-30-21-32-34(47)44-41(37(49)45-56(51,52)40(8)16-17-40)22-28(41)12-10-9-11-25(3)19-26(4)33(36(48)46(32)23-30)43-38(50)55-39(5,6)7/h10,12-15,18,20,24-26,28,30,32-33H,9,11,16-17,19,21-23H2,1-8H3,(H,43,50)(H,44,47)(H,45,49)/b12-10-/t25-,26+,28+,30+,32-,33-,41+/m0/s1/i5D3,6D3,7D3. The number of allylic oxidation sites excluding steroid dienone is 1. The minimum atomic E-state index is -4.13. The van der Waals surface area contributed by atoms with E-state index >= 15 is 4.79 Å². The van der Waals surface area contributed by atoms with Crippen molar-refractivity contribution < 1.29 is 54.1 Å². The average molecular weight is 805 g/mol. The molecule has 1 saturated heterocycles. The Morgan fingerprint density at radius 2 is 1.88 bits per heavy atom. The van der Waals surface area contributed by atoms with Crippen LogP contribution >= 0.6 is 0 Å². The van der Waals surface area contributed by atoms with E-state index in [2.05, 4.69) is 20.3 Å². The monoisotopic (exact) mass is 804 g/mol. The van der Waals surface area contributed by atoms with Gasteiger partial charge in [0.15, 0.2) is 0 Å². The van der Waals surface area contributed by atoms with Crippen LogP contribution in [0.25, 0.3) is 10.8 Å². The van der Waals surface area contributed by atoms with Crippen LogP contribution in [0.4, 0.5) is 4.79 Å². The Labute approximate surface area is 342 Å². The molecule has 3 N–H and O–H groups in total. The Morgan fingerprint density at radius 3 is 2.57 bits per heavy atom. The molecule has 7 atom stereocenters. The Kier molecular flexibility index (Phi) is 8.50. The molecule has 3 fully saturated rings. The van der Waals surface area contributed by atoms with Gasteiger partial charge in [-0.05, 0) is 121 Å². The van der Waals surface area contributed by atoms with E-state index in [9.17, 15) is 22.8 Å². The zero-order valence-corrected chi connectivity index (χ0v) is 33.0. The molecule has 0 radical (unpaired) electrons. The van der Waals surface area contributed by atoms with E-state index < -0.39 is 100 Å². The topological polar surface area (TPSA) is 182 Å². The second kappa shape index (κ2) is 15.5. The van der Waals surface area contributed by atoms with E-state index in [4.69, 9.17) is 26.5 Å². The third-order valence-electron chi connectivity index (χ3n) is 11.1. The number of amides is 4. The number of alkyl carbamates (subject to hydrolysis) is 1. The minimum Gasteiger partial charge on any atom is -0.491 e. The number of carbonyl (C=O) groups is 4. The summed E-state index contributed by atoms with van der Waals surface area (Å²) in [7, 11) is -4.13. The Bertz CT molecular complexity index is 2280. The van der Waals surface area contributed by atoms with Crippen LogP contribution in [0.5, 0.6) is 11.6 Å². The van der Waals surface area contributed by atoms with Crippen LogP contribution in [-0.2, 0) is 29.1 Å². The molecule has 56 heavy (non-hydrogen) atoms. The molecular weight excluding hydrogens is 739 g/mol. The number of pyridine rings is 1. The first kappa shape index (κ1) is 30.7. The third kappa shape index (κ3) is 9.08. The number of aromatic nitrogens is 1. The van der Waals surface area contributed by atoms with Crippen molar-refractivity contribution in [3.8, 4) is 11.6 Å². The molecule has 1 aromatic heterocycles. The largest absolute Gasteiger partial charge is 0.491 e. The van der Waals surface area contributed by atoms with Crippen molar-refractivity contribution in [2.75, 3.05) is 6.54 Å². The first-order valence-corrected chi connectivity index (χ1v) is 20.5. The van der Waals surface area contributed by atoms with Gasteiger partial charge in [-0.15, -0.1) is 0 Å². The molecule has 1 aromatic carbocycles. The maximum atomic E-state index is 15.1. The number of benzene rings is 1. The quantitative estimate of drug-likeness (QED) is 0.302. The molecule has 4 aliphatic rings. The summed E-state index contributed by atoms with van der Waals surface area (Å²) in [6.07, 6.45) is 4.01. The molecule has 2 aliphatic heterocycles. The molecule has 2 aromatic rings. The number of rotatable bonds is 8. The lowest BCUT2D eigenvalue weighted by Gasteiger charge is -2.33. The molecule has 306 valence electrons. The SMILES string of the molecule is [2H]C([2H])([2H])C(OC(=O)N[C@@H]1C(=O)N2C[C@H](Oc3nccc4cc(OC(C)C)ccc34)C[C@H]2C(=O)N[C@]2(C(=O)NS(=O)(=O)C3(C)CC3)C[C@H]2/C=C\CC[C@H](C)C[C@H]1C)(C([2H])([2H])[2H])C([2H])([2H])[2H]. The highest BCUT2D eigenvalue weighted by molar-refractivity contribution is 7.91. The Hall–Kier alpha value is -4.40. The lowest BCUT2D eigenvalue weighted by atomic mass is 9.88. The van der Waals surface area contributed by atoms with Gasteiger partial charge in [0.2, 0.25) is 27.7 Å². The van der Waals surface area contributed by atoms with Crippen LogP contribution in [0.15, 0.2) is 42.6 Å². The van der Waals surface area contributed by atoms with E-state index in [1.807, 2.05) is 26.8 Å². The van der Waals surface area contributed by atoms with Crippen molar-refractivity contribution in [1.82, 2.24) is 25.2 Å². The summed E-state index contributed by atoms with van der Waals surface area (Å²) < 4.78 is 116. The second-order valence-electron chi connectivity index (χ2n) is 16.3. The van der Waals surface area contributed by atoms with Gasteiger partial charge in [-0.1, -0.05) is 26.0 Å². The van der Waals surface area contributed by atoms with Crippen LogP contribution in [0.3, 0.4) is 0 Å². The highest BCUT2D eigenvalue weighted by Crippen LogP contribution is 2.47. The number of sulfonamides is 1. The molecule has 0 unspecified atom stereocenters. The molecule has 2 aliphatic carbocycles. The molecule has 3 heterocycles. The summed E-state index contributed by atoms with van der Waals surface area (Å²) in [5, 5.41) is 6.33. The number of nitrogens with one attached hydrogen (secondary N) is 3. The number of nitrogens with zero attached hydrogens (tertiary/aromatic N) is 2. The Balaban J connectivity index is 1.38. The highest BCUT2D eigenvalue weighted by Gasteiger charge is 2.63. The Morgan fingerprint density at radius 1 is 1.12 bits per heavy atom. The van der Waals surface area contributed by atoms with Crippen molar-refractivity contribution in [1.29, 1.82) is 0 Å². The van der Waals surface area contributed by atoms with Gasteiger partial charge >= 0.3 is 6.09 Å². The molecule has 6 rings (SSSR count). The zero-order valence-electron chi connectivity index (χ0n) is 41.2. The molecule has 15 heteroatoms. The summed E-state index contributed by atoms with van der Waals surface area (Å²) in [6.45, 7) is -3.25. The molecular formula is C41H57N5O9S. The van der Waals surface area contributed by atoms with Crippen molar-refractivity contribution in [3.63, 3.8) is 0 Å². The van der Waals surface area contributed by atoms with E-state index in [1.165, 1.54) is 13.1 Å². The second-order valence-corrected chi connectivity index (χ2v) is 18.5. The number of hydrogen-bond acceptors (Lipinski definition) is 10. The van der Waals surface area contributed by atoms with Gasteiger partial charge in [-0.3, -0.25) is 19.1 Å². The van der Waals surface area contributed by atoms with Gasteiger partial charge in [-0.25, -0.2) is 18.2 Å². The third-order valence-corrected chi connectivity index (χ3v) is 13.3. The van der Waals surface area contributed by atoms with E-state index in [0.717, 1.165) is 4.90 Å². The molecule has 14 nitrogen and oxygen atoms in total. The van der Waals surface area contributed by atoms with E-state index in [0.29, 0.717) is 42.2 Å². The lowest BCUT2D eigenvalue weighted by Crippen LogP contribution is -2.59. The van der Waals surface area contributed by atoms with Crippen molar-refractivity contribution in [2.45, 2.75) is 140 Å². The fourth-order valence-corrected chi connectivity index (χ4v) is 8.93. The van der Waals surface area contributed by atoms with Gasteiger partial charge in [-0.2, -0.15) is 0 Å². The van der Waals surface area contributed by atoms with Crippen molar-refractivity contribution in [2.24, 2.45) is 17.8 Å². The minimum absolute atomic E-state index is 0.0527. The van der Waals surface area contributed by atoms with Gasteiger partial charge in [0.1, 0.15) is 35.1 Å². The fraction of sp³-hybridized carbons (Fsp3) is 0.634. The number of hydrogen-bond donors (Lipinski definition) is 3. The molecule has 0 spiro atoms. The molecule has 4 amide bonds. The summed E-state index contributed by atoms with van der Waals surface area (Å²) in [4.78, 5) is 63.1. The molecule has 2 saturated carbocycles. The maximum absolute atomic E-state index is 15.1. The van der Waals surface area contributed by atoms with Crippen molar-refractivity contribution >= 4 is 44.6 Å². The van der Waals surface area contributed by atoms with Crippen LogP contribution in [0.1, 0.15) is 112 Å². The summed E-state index contributed by atoms with van der Waals surface area (Å²) >= 11 is 0. The van der Waals surface area contributed by atoms with Crippen molar-refractivity contribution in [3.05, 3.63) is 42.6 Å². The first-order valence-electron chi connectivity index (χ1n) is 23.5. The van der Waals surface area contributed by atoms with Crippen LogP contribution in [0.2, 0.25) is 0 Å². The predicted octanol–water partition coefficient (Wildman–Crippen LogP) is 5.15. The zero-order chi connectivity index (χ0) is 48.3. The van der Waals surface area contributed by atoms with Crippen LogP contribution in [-0.4, -0.2) is 88.8 Å². The predicted molar refractivity (Wildman–Crippen MR) is 210 cm³/mol. The van der Waals surface area contributed by atoms with Gasteiger partial charge in [0.25, 0.3) is 5.91 Å². The van der Waals surface area contributed by atoms with Gasteiger partial charge in [0.05, 0.1) is 17.4 Å². The summed E-state index contributed by atoms with van der Waals surface area (Å²) in [5.41, 5.74) is -5.72. The number of fused-ring (bicyclic) bond motifs is 3. The number of carbonyl (C=O) groups excluding carboxylic acids is 4. The average Bonchev–Trinajstić information content (AvgIpc) is 4.05. The van der Waals surface area contributed by atoms with Crippen LogP contribution < -0.4 is 24.8 Å². The van der Waals surface area contributed by atoms with E-state index in [1.54, 1.807) is 37.3 Å². The normalized spacial score (nSPS) is 32.9. The summed E-state index contributed by atoms with van der Waals surface area (Å²) in [5.74, 6) is -3.52. The highest BCUT2D eigenvalue weighted by atomic mass is 32.2. The fourth-order valence-electron chi connectivity index (χ4n) is 7.62. The van der Waals surface area contributed by atoms with Crippen LogP contribution in [0, 0.1) is 17.8 Å². The van der Waals surface area contributed by atoms with Gasteiger partial charge in [0, 0.05) is 36.3 Å². The first-order chi connectivity index (χ1) is 29.9. The van der Waals surface area contributed by atoms with Gasteiger partial charge < -0.3 is 29.7 Å². The lowest BCUT2D eigenvalue weighted by molar-refractivity contribution is -0.142. The maximum Gasteiger partial charge on any atom is 0.408 e.